The lowest BCUT2D eigenvalue weighted by molar-refractivity contribution is 0.300. The highest BCUT2D eigenvalue weighted by Gasteiger charge is 2.24. The quantitative estimate of drug-likeness (QED) is 0.760. The van der Waals surface area contributed by atoms with E-state index in [1.807, 2.05) is 10.9 Å². The fraction of sp³-hybridized carbons (Fsp3) is 0.842. The van der Waals surface area contributed by atoms with Gasteiger partial charge in [0.1, 0.15) is 0 Å². The van der Waals surface area contributed by atoms with E-state index in [1.165, 1.54) is 89.9 Å². The standard InChI is InChI=1S/C19H32N2O/c22-19-18(16-11-7-3-1-4-8-12-16)15-20-21(19)17-13-9-5-2-6-10-14-17/h15-17,22H,1-14H2. The predicted octanol–water partition coefficient (Wildman–Crippen LogP) is 5.70. The van der Waals surface area contributed by atoms with Crippen molar-refractivity contribution in [3.8, 4) is 5.88 Å². The number of rotatable bonds is 2. The van der Waals surface area contributed by atoms with Crippen molar-refractivity contribution < 1.29 is 5.11 Å². The zero-order valence-corrected chi connectivity index (χ0v) is 14.0. The third-order valence-corrected chi connectivity index (χ3v) is 5.76. The number of hydrogen-bond acceptors (Lipinski definition) is 2. The highest BCUT2D eigenvalue weighted by Crippen LogP contribution is 2.38. The van der Waals surface area contributed by atoms with Crippen LogP contribution in [0.25, 0.3) is 0 Å². The van der Waals surface area contributed by atoms with Crippen LogP contribution < -0.4 is 0 Å². The van der Waals surface area contributed by atoms with Gasteiger partial charge in [0.2, 0.25) is 5.88 Å². The highest BCUT2D eigenvalue weighted by molar-refractivity contribution is 5.27. The van der Waals surface area contributed by atoms with Gasteiger partial charge in [-0.25, -0.2) is 4.68 Å². The molecule has 0 bridgehead atoms. The predicted molar refractivity (Wildman–Crippen MR) is 90.3 cm³/mol. The molecule has 0 unspecified atom stereocenters. The number of aromatic hydroxyl groups is 1. The SMILES string of the molecule is Oc1c(C2CCCCCCC2)cnn1C1CCCCCCC1. The van der Waals surface area contributed by atoms with E-state index in [9.17, 15) is 5.11 Å². The zero-order chi connectivity index (χ0) is 15.2. The van der Waals surface area contributed by atoms with E-state index in [0.717, 1.165) is 5.56 Å². The molecule has 0 spiro atoms. The molecule has 124 valence electrons. The topological polar surface area (TPSA) is 38.1 Å². The van der Waals surface area contributed by atoms with Crippen molar-refractivity contribution in [1.29, 1.82) is 0 Å². The Hall–Kier alpha value is -0.990. The minimum Gasteiger partial charge on any atom is -0.493 e. The van der Waals surface area contributed by atoms with Gasteiger partial charge in [-0.1, -0.05) is 64.2 Å². The molecule has 0 atom stereocenters. The second-order valence-electron chi connectivity index (χ2n) is 7.41. The summed E-state index contributed by atoms with van der Waals surface area (Å²) in [6.45, 7) is 0. The molecule has 3 nitrogen and oxygen atoms in total. The van der Waals surface area contributed by atoms with Crippen molar-refractivity contribution >= 4 is 0 Å². The van der Waals surface area contributed by atoms with Crippen LogP contribution in [0.15, 0.2) is 6.20 Å². The minimum atomic E-state index is 0.419. The summed E-state index contributed by atoms with van der Waals surface area (Å²) in [6, 6.07) is 0.419. The van der Waals surface area contributed by atoms with Gasteiger partial charge in [-0.05, 0) is 31.6 Å². The van der Waals surface area contributed by atoms with Crippen LogP contribution in [-0.4, -0.2) is 14.9 Å². The van der Waals surface area contributed by atoms with Gasteiger partial charge < -0.3 is 5.11 Å². The average molecular weight is 304 g/mol. The van der Waals surface area contributed by atoms with Crippen molar-refractivity contribution in [2.45, 2.75) is 102 Å². The van der Waals surface area contributed by atoms with Crippen molar-refractivity contribution in [1.82, 2.24) is 9.78 Å². The van der Waals surface area contributed by atoms with Gasteiger partial charge in [-0.15, -0.1) is 0 Å². The first-order valence-electron chi connectivity index (χ1n) is 9.62. The summed E-state index contributed by atoms with van der Waals surface area (Å²) in [5, 5.41) is 15.4. The molecule has 0 radical (unpaired) electrons. The van der Waals surface area contributed by atoms with E-state index in [4.69, 9.17) is 0 Å². The molecule has 0 saturated heterocycles. The van der Waals surface area contributed by atoms with Crippen LogP contribution >= 0.6 is 0 Å². The van der Waals surface area contributed by atoms with E-state index in [1.54, 1.807) is 0 Å². The Morgan fingerprint density at radius 2 is 1.27 bits per heavy atom. The maximum absolute atomic E-state index is 10.8. The first kappa shape index (κ1) is 15.9. The van der Waals surface area contributed by atoms with E-state index in [-0.39, 0.29) is 0 Å². The summed E-state index contributed by atoms with van der Waals surface area (Å²) < 4.78 is 1.96. The minimum absolute atomic E-state index is 0.419. The molecular weight excluding hydrogens is 272 g/mol. The monoisotopic (exact) mass is 304 g/mol. The summed E-state index contributed by atoms with van der Waals surface area (Å²) in [7, 11) is 0. The van der Waals surface area contributed by atoms with Crippen LogP contribution in [0, 0.1) is 0 Å². The van der Waals surface area contributed by atoms with Gasteiger partial charge in [0.05, 0.1) is 12.2 Å². The molecule has 0 aromatic carbocycles. The molecule has 2 saturated carbocycles. The van der Waals surface area contributed by atoms with Gasteiger partial charge in [0.15, 0.2) is 0 Å². The largest absolute Gasteiger partial charge is 0.493 e. The Morgan fingerprint density at radius 1 is 0.773 bits per heavy atom. The van der Waals surface area contributed by atoms with Crippen molar-refractivity contribution in [2.24, 2.45) is 0 Å². The molecule has 2 aliphatic carbocycles. The average Bonchev–Trinajstić information content (AvgIpc) is 2.80. The van der Waals surface area contributed by atoms with Gasteiger partial charge >= 0.3 is 0 Å². The Kier molecular flexibility index (Phi) is 5.80. The van der Waals surface area contributed by atoms with Crippen LogP contribution in [0.1, 0.15) is 107 Å². The maximum Gasteiger partial charge on any atom is 0.213 e. The summed E-state index contributed by atoms with van der Waals surface area (Å²) in [5.41, 5.74) is 1.13. The first-order chi connectivity index (χ1) is 10.9. The summed E-state index contributed by atoms with van der Waals surface area (Å²) >= 11 is 0. The van der Waals surface area contributed by atoms with Gasteiger partial charge in [0, 0.05) is 5.56 Å². The molecule has 0 aliphatic heterocycles. The van der Waals surface area contributed by atoms with Crippen molar-refractivity contribution in [3.63, 3.8) is 0 Å². The summed E-state index contributed by atoms with van der Waals surface area (Å²) in [4.78, 5) is 0. The number of aromatic nitrogens is 2. The molecule has 1 heterocycles. The van der Waals surface area contributed by atoms with Crippen LogP contribution in [-0.2, 0) is 0 Å². The lowest BCUT2D eigenvalue weighted by Crippen LogP contribution is -2.12. The molecule has 2 aliphatic rings. The fourth-order valence-corrected chi connectivity index (χ4v) is 4.37. The summed E-state index contributed by atoms with van der Waals surface area (Å²) in [6.07, 6.45) is 20.1. The Balaban J connectivity index is 1.72. The van der Waals surface area contributed by atoms with E-state index >= 15 is 0 Å². The molecule has 1 N–H and O–H groups in total. The van der Waals surface area contributed by atoms with Gasteiger partial charge in [0.25, 0.3) is 0 Å². The lowest BCUT2D eigenvalue weighted by Gasteiger charge is -2.22. The second-order valence-corrected chi connectivity index (χ2v) is 7.41. The maximum atomic E-state index is 10.8. The lowest BCUT2D eigenvalue weighted by atomic mass is 9.87. The van der Waals surface area contributed by atoms with Crippen LogP contribution in [0.2, 0.25) is 0 Å². The first-order valence-corrected chi connectivity index (χ1v) is 9.62. The van der Waals surface area contributed by atoms with Crippen molar-refractivity contribution in [2.75, 3.05) is 0 Å². The third-order valence-electron chi connectivity index (χ3n) is 5.76. The molecule has 3 heteroatoms. The van der Waals surface area contributed by atoms with E-state index in [0.29, 0.717) is 17.8 Å². The zero-order valence-electron chi connectivity index (χ0n) is 14.0. The van der Waals surface area contributed by atoms with Crippen LogP contribution in [0.5, 0.6) is 5.88 Å². The highest BCUT2D eigenvalue weighted by atomic mass is 16.3. The normalized spacial score (nSPS) is 23.5. The Bertz CT molecular complexity index is 399. The van der Waals surface area contributed by atoms with Crippen LogP contribution in [0.3, 0.4) is 0 Å². The van der Waals surface area contributed by atoms with Gasteiger partial charge in [-0.3, -0.25) is 0 Å². The smallest absolute Gasteiger partial charge is 0.213 e. The Morgan fingerprint density at radius 3 is 1.86 bits per heavy atom. The fourth-order valence-electron chi connectivity index (χ4n) is 4.37. The van der Waals surface area contributed by atoms with Gasteiger partial charge in [-0.2, -0.15) is 5.10 Å². The molecule has 0 amide bonds. The molecule has 1 aromatic rings. The summed E-state index contributed by atoms with van der Waals surface area (Å²) in [5.74, 6) is 1.01. The third kappa shape index (κ3) is 3.85. The molecule has 3 rings (SSSR count). The molecular formula is C19H32N2O. The molecule has 22 heavy (non-hydrogen) atoms. The molecule has 1 aromatic heterocycles. The number of nitrogens with zero attached hydrogens (tertiary/aromatic N) is 2. The van der Waals surface area contributed by atoms with Crippen LogP contribution in [0.4, 0.5) is 0 Å². The van der Waals surface area contributed by atoms with Crippen molar-refractivity contribution in [3.05, 3.63) is 11.8 Å². The number of hydrogen-bond donors (Lipinski definition) is 1. The Labute approximate surface area is 135 Å². The van der Waals surface area contributed by atoms with E-state index in [2.05, 4.69) is 5.10 Å². The molecule has 2 fully saturated rings. The second kappa shape index (κ2) is 8.03. The van der Waals surface area contributed by atoms with E-state index < -0.39 is 0 Å².